The second-order valence-electron chi connectivity index (χ2n) is 4.40. The first-order valence-corrected chi connectivity index (χ1v) is 4.68. The third-order valence-corrected chi connectivity index (χ3v) is 2.23. The highest BCUT2D eigenvalue weighted by molar-refractivity contribution is 5.81. The number of methoxy groups -OCH3 is 1. The molecule has 0 aromatic rings. The van der Waals surface area contributed by atoms with E-state index in [1.807, 2.05) is 6.08 Å². The van der Waals surface area contributed by atoms with E-state index in [1.54, 1.807) is 13.2 Å². The molecule has 0 fully saturated rings. The number of carbonyl (C=O) groups is 1. The Morgan fingerprint density at radius 3 is 2.50 bits per heavy atom. The van der Waals surface area contributed by atoms with Crippen molar-refractivity contribution < 1.29 is 9.53 Å². The Bertz CT molecular complexity index is 295. The molecule has 3 nitrogen and oxygen atoms in total. The number of rotatable bonds is 1. The Kier molecular flexibility index (Phi) is 2.99. The third-order valence-electron chi connectivity index (χ3n) is 2.23. The zero-order valence-electron chi connectivity index (χ0n) is 9.18. The average molecular weight is 195 g/mol. The average Bonchev–Trinajstić information content (AvgIpc) is 2.25. The van der Waals surface area contributed by atoms with Gasteiger partial charge >= 0.3 is 0 Å². The number of hydrogen-bond acceptors (Lipinski definition) is 2. The van der Waals surface area contributed by atoms with Crippen LogP contribution >= 0.6 is 0 Å². The van der Waals surface area contributed by atoms with Crippen molar-refractivity contribution in [2.24, 2.45) is 5.41 Å². The first kappa shape index (κ1) is 10.8. The van der Waals surface area contributed by atoms with Crippen molar-refractivity contribution >= 4 is 5.91 Å². The van der Waals surface area contributed by atoms with E-state index >= 15 is 0 Å². The predicted molar refractivity (Wildman–Crippen MR) is 55.4 cm³/mol. The number of carbonyl (C=O) groups excluding carboxylic acids is 1. The van der Waals surface area contributed by atoms with E-state index in [1.165, 1.54) is 0 Å². The lowest BCUT2D eigenvalue weighted by molar-refractivity contribution is -0.120. The molecule has 0 atom stereocenters. The van der Waals surface area contributed by atoms with Gasteiger partial charge in [-0.15, -0.1) is 0 Å². The number of ether oxygens (including phenoxy) is 1. The molecule has 1 aliphatic rings. The van der Waals surface area contributed by atoms with Crippen LogP contribution in [0.4, 0.5) is 0 Å². The Labute approximate surface area is 84.8 Å². The number of nitrogens with one attached hydrogen (secondary N) is 1. The first-order chi connectivity index (χ1) is 6.43. The molecule has 1 amide bonds. The molecule has 0 radical (unpaired) electrons. The summed E-state index contributed by atoms with van der Waals surface area (Å²) in [5, 5.41) is 2.68. The fraction of sp³-hybridized carbons (Fsp3) is 0.545. The summed E-state index contributed by atoms with van der Waals surface area (Å²) < 4.78 is 4.99. The smallest absolute Gasteiger partial charge is 0.230 e. The predicted octanol–water partition coefficient (Wildman–Crippen LogP) is 1.97. The molecule has 0 aromatic carbocycles. The third kappa shape index (κ3) is 2.62. The van der Waals surface area contributed by atoms with Crippen LogP contribution in [-0.4, -0.2) is 13.0 Å². The fourth-order valence-electron chi connectivity index (χ4n) is 1.27. The van der Waals surface area contributed by atoms with Gasteiger partial charge in [0, 0.05) is 6.42 Å². The van der Waals surface area contributed by atoms with Gasteiger partial charge in [-0.05, 0) is 11.5 Å². The van der Waals surface area contributed by atoms with Crippen LogP contribution in [0.1, 0.15) is 27.2 Å². The molecule has 0 unspecified atom stereocenters. The van der Waals surface area contributed by atoms with Gasteiger partial charge in [-0.3, -0.25) is 10.1 Å². The summed E-state index contributed by atoms with van der Waals surface area (Å²) in [5.41, 5.74) is 1.14. The zero-order valence-corrected chi connectivity index (χ0v) is 9.18. The van der Waals surface area contributed by atoms with Crippen molar-refractivity contribution in [2.75, 3.05) is 7.11 Å². The molecule has 0 saturated heterocycles. The Hall–Kier alpha value is -1.25. The van der Waals surface area contributed by atoms with Crippen LogP contribution < -0.4 is 5.32 Å². The highest BCUT2D eigenvalue weighted by atomic mass is 16.5. The minimum atomic E-state index is -0.0169. The zero-order chi connectivity index (χ0) is 10.8. The van der Waals surface area contributed by atoms with Crippen molar-refractivity contribution in [3.63, 3.8) is 0 Å². The van der Waals surface area contributed by atoms with Crippen LogP contribution in [0, 0.1) is 5.41 Å². The Balaban J connectivity index is 2.93. The molecule has 14 heavy (non-hydrogen) atoms. The van der Waals surface area contributed by atoms with Crippen LogP contribution in [0.3, 0.4) is 0 Å². The van der Waals surface area contributed by atoms with Gasteiger partial charge in [0.1, 0.15) is 0 Å². The Morgan fingerprint density at radius 1 is 1.36 bits per heavy atom. The van der Waals surface area contributed by atoms with Gasteiger partial charge in [0.25, 0.3) is 0 Å². The largest absolute Gasteiger partial charge is 0.482 e. The minimum Gasteiger partial charge on any atom is -0.482 e. The van der Waals surface area contributed by atoms with E-state index in [4.69, 9.17) is 4.74 Å². The lowest BCUT2D eigenvalue weighted by Gasteiger charge is -2.21. The molecule has 3 heteroatoms. The maximum atomic E-state index is 11.4. The monoisotopic (exact) mass is 195 g/mol. The van der Waals surface area contributed by atoms with Gasteiger partial charge in [-0.2, -0.15) is 0 Å². The molecule has 0 spiro atoms. The molecule has 0 bridgehead atoms. The lowest BCUT2D eigenvalue weighted by atomic mass is 9.84. The van der Waals surface area contributed by atoms with Crippen molar-refractivity contribution in [2.45, 2.75) is 27.2 Å². The molecule has 1 aliphatic heterocycles. The van der Waals surface area contributed by atoms with Crippen LogP contribution in [0.2, 0.25) is 0 Å². The van der Waals surface area contributed by atoms with Crippen LogP contribution in [0.15, 0.2) is 23.6 Å². The SMILES string of the molecule is COC1=CC=C(C(C)(C)C)CC(=O)N1. The van der Waals surface area contributed by atoms with Gasteiger partial charge < -0.3 is 4.74 Å². The molecular weight excluding hydrogens is 178 g/mol. The van der Waals surface area contributed by atoms with Gasteiger partial charge in [0.2, 0.25) is 5.91 Å². The molecule has 0 aliphatic carbocycles. The van der Waals surface area contributed by atoms with E-state index in [-0.39, 0.29) is 11.3 Å². The summed E-state index contributed by atoms with van der Waals surface area (Å²) in [6, 6.07) is 0. The van der Waals surface area contributed by atoms with E-state index in [0.29, 0.717) is 12.3 Å². The van der Waals surface area contributed by atoms with Gasteiger partial charge in [-0.25, -0.2) is 0 Å². The second-order valence-corrected chi connectivity index (χ2v) is 4.40. The topological polar surface area (TPSA) is 38.3 Å². The maximum absolute atomic E-state index is 11.4. The van der Waals surface area contributed by atoms with Crippen molar-refractivity contribution in [3.05, 3.63) is 23.6 Å². The number of hydrogen-bond donors (Lipinski definition) is 1. The number of allylic oxidation sites excluding steroid dienone is 2. The minimum absolute atomic E-state index is 0.0169. The highest BCUT2D eigenvalue weighted by Crippen LogP contribution is 2.29. The van der Waals surface area contributed by atoms with Gasteiger partial charge in [0.15, 0.2) is 5.88 Å². The normalized spacial score (nSPS) is 17.9. The first-order valence-electron chi connectivity index (χ1n) is 4.68. The summed E-state index contributed by atoms with van der Waals surface area (Å²) in [4.78, 5) is 11.4. The number of amides is 1. The van der Waals surface area contributed by atoms with E-state index < -0.39 is 0 Å². The van der Waals surface area contributed by atoms with Crippen LogP contribution in [0.5, 0.6) is 0 Å². The molecule has 1 heterocycles. The molecule has 1 N–H and O–H groups in total. The summed E-state index contributed by atoms with van der Waals surface area (Å²) in [5.74, 6) is 0.492. The van der Waals surface area contributed by atoms with Crippen molar-refractivity contribution in [1.82, 2.24) is 5.32 Å². The van der Waals surface area contributed by atoms with Crippen LogP contribution in [0.25, 0.3) is 0 Å². The summed E-state index contributed by atoms with van der Waals surface area (Å²) in [7, 11) is 1.54. The van der Waals surface area contributed by atoms with Crippen molar-refractivity contribution in [3.8, 4) is 0 Å². The Morgan fingerprint density at radius 2 is 2.00 bits per heavy atom. The molecular formula is C11H17NO2. The van der Waals surface area contributed by atoms with Gasteiger partial charge in [0.05, 0.1) is 7.11 Å². The van der Waals surface area contributed by atoms with E-state index in [9.17, 15) is 4.79 Å². The van der Waals surface area contributed by atoms with E-state index in [2.05, 4.69) is 26.1 Å². The quantitative estimate of drug-likeness (QED) is 0.694. The molecule has 78 valence electrons. The van der Waals surface area contributed by atoms with Gasteiger partial charge in [-0.1, -0.05) is 32.4 Å². The lowest BCUT2D eigenvalue weighted by Crippen LogP contribution is -2.24. The summed E-state index contributed by atoms with van der Waals surface area (Å²) >= 11 is 0. The summed E-state index contributed by atoms with van der Waals surface area (Å²) in [6.45, 7) is 6.28. The molecule has 0 saturated carbocycles. The van der Waals surface area contributed by atoms with Crippen LogP contribution in [-0.2, 0) is 9.53 Å². The molecule has 0 aromatic heterocycles. The van der Waals surface area contributed by atoms with E-state index in [0.717, 1.165) is 5.57 Å². The highest BCUT2D eigenvalue weighted by Gasteiger charge is 2.21. The maximum Gasteiger partial charge on any atom is 0.230 e. The standard InChI is InChI=1S/C11H17NO2/c1-11(2,3)8-5-6-10(14-4)12-9(13)7-8/h5-6H,7H2,1-4H3,(H,12,13). The second kappa shape index (κ2) is 3.86. The summed E-state index contributed by atoms with van der Waals surface area (Å²) in [6.07, 6.45) is 4.19. The molecule has 1 rings (SSSR count). The fourth-order valence-corrected chi connectivity index (χ4v) is 1.27. The van der Waals surface area contributed by atoms with Crippen molar-refractivity contribution in [1.29, 1.82) is 0 Å².